The van der Waals surface area contributed by atoms with Crippen LogP contribution in [-0.2, 0) is 21.3 Å². The van der Waals surface area contributed by atoms with E-state index in [-0.39, 0.29) is 17.9 Å². The molecule has 1 unspecified atom stereocenters. The molecule has 0 radical (unpaired) electrons. The van der Waals surface area contributed by atoms with E-state index in [1.54, 1.807) is 36.4 Å². The maximum Gasteiger partial charge on any atom is 0.266 e. The summed E-state index contributed by atoms with van der Waals surface area (Å²) in [5.41, 5.74) is 4.60. The Morgan fingerprint density at radius 3 is 2.23 bits per heavy atom. The molecule has 7 nitrogen and oxygen atoms in total. The van der Waals surface area contributed by atoms with Crippen LogP contribution in [0.4, 0.5) is 5.69 Å². The third-order valence-electron chi connectivity index (χ3n) is 6.12. The van der Waals surface area contributed by atoms with Crippen LogP contribution in [0.15, 0.2) is 72.8 Å². The largest absolute Gasteiger partial charge is 0.351 e. The zero-order valence-electron chi connectivity index (χ0n) is 23.1. The van der Waals surface area contributed by atoms with Crippen molar-refractivity contribution in [1.29, 1.82) is 0 Å². The van der Waals surface area contributed by atoms with Gasteiger partial charge in [0.2, 0.25) is 5.91 Å². The van der Waals surface area contributed by atoms with Gasteiger partial charge in [-0.05, 0) is 65.3 Å². The number of hydrogen-bond donors (Lipinski definition) is 3. The zero-order valence-corrected chi connectivity index (χ0v) is 24.6. The number of carbonyl (C=O) groups is 2. The van der Waals surface area contributed by atoms with E-state index in [1.165, 1.54) is 0 Å². The molecule has 0 aromatic heterocycles. The van der Waals surface area contributed by atoms with Crippen molar-refractivity contribution in [3.63, 3.8) is 0 Å². The third kappa shape index (κ3) is 9.93. The van der Waals surface area contributed by atoms with E-state index in [2.05, 4.69) is 43.6 Å². The summed E-state index contributed by atoms with van der Waals surface area (Å²) in [6, 6.07) is 20.1. The summed E-state index contributed by atoms with van der Waals surface area (Å²) in [5, 5.41) is 5.88. The van der Waals surface area contributed by atoms with Crippen molar-refractivity contribution in [2.24, 2.45) is 5.41 Å². The molecular weight excluding hydrogens is 548 g/mol. The van der Waals surface area contributed by atoms with Crippen molar-refractivity contribution in [2.45, 2.75) is 40.0 Å². The molecule has 3 N–H and O–H groups in total. The number of carbonyl (C=O) groups excluding carboxylic acids is 2. The molecule has 0 saturated heterocycles. The van der Waals surface area contributed by atoms with Gasteiger partial charge in [-0.15, -0.1) is 0 Å². The SMILES string of the molecule is Cc1ccc(NC(=O)C(Cc2ccc(C(=O)NCCS(=O)(=O)O)cc2)c2ccc(/C=C/C(C)(C)C)cc2)c(Cl)c1. The first kappa shape index (κ1) is 31.1. The summed E-state index contributed by atoms with van der Waals surface area (Å²) >= 11 is 6.38. The topological polar surface area (TPSA) is 113 Å². The molecule has 9 heteroatoms. The fourth-order valence-electron chi connectivity index (χ4n) is 3.91. The minimum Gasteiger partial charge on any atom is -0.351 e. The highest BCUT2D eigenvalue weighted by molar-refractivity contribution is 7.85. The van der Waals surface area contributed by atoms with Crippen molar-refractivity contribution in [1.82, 2.24) is 5.32 Å². The first-order valence-electron chi connectivity index (χ1n) is 12.9. The molecule has 0 bridgehead atoms. The van der Waals surface area contributed by atoms with Crippen LogP contribution in [0.3, 0.4) is 0 Å². The van der Waals surface area contributed by atoms with Gasteiger partial charge in [0, 0.05) is 12.1 Å². The Kier molecular flexibility index (Phi) is 10.3. The predicted molar refractivity (Wildman–Crippen MR) is 161 cm³/mol. The van der Waals surface area contributed by atoms with E-state index in [0.717, 1.165) is 22.3 Å². The summed E-state index contributed by atoms with van der Waals surface area (Å²) in [4.78, 5) is 25.9. The summed E-state index contributed by atoms with van der Waals surface area (Å²) in [6.45, 7) is 8.10. The second kappa shape index (κ2) is 13.3. The van der Waals surface area contributed by atoms with Crippen LogP contribution in [-0.4, -0.2) is 37.1 Å². The molecule has 0 saturated carbocycles. The van der Waals surface area contributed by atoms with Crippen LogP contribution in [0.1, 0.15) is 59.3 Å². The summed E-state index contributed by atoms with van der Waals surface area (Å²) in [7, 11) is -4.16. The number of nitrogens with one attached hydrogen (secondary N) is 2. The summed E-state index contributed by atoms with van der Waals surface area (Å²) in [6.07, 6.45) is 4.56. The highest BCUT2D eigenvalue weighted by Gasteiger charge is 2.22. The number of aryl methyl sites for hydroxylation is 1. The summed E-state index contributed by atoms with van der Waals surface area (Å²) < 4.78 is 30.6. The van der Waals surface area contributed by atoms with Crippen molar-refractivity contribution in [3.8, 4) is 0 Å². The Balaban J connectivity index is 1.82. The van der Waals surface area contributed by atoms with Gasteiger partial charge in [-0.1, -0.05) is 87.0 Å². The Morgan fingerprint density at radius 2 is 1.65 bits per heavy atom. The smallest absolute Gasteiger partial charge is 0.266 e. The van der Waals surface area contributed by atoms with Crippen LogP contribution in [0, 0.1) is 12.3 Å². The molecule has 0 heterocycles. The molecule has 0 aliphatic rings. The zero-order chi connectivity index (χ0) is 29.5. The van der Waals surface area contributed by atoms with Crippen LogP contribution >= 0.6 is 11.6 Å². The molecular formula is C31H35ClN2O5S. The van der Waals surface area contributed by atoms with E-state index in [9.17, 15) is 18.0 Å². The van der Waals surface area contributed by atoms with E-state index in [4.69, 9.17) is 16.2 Å². The second-order valence-corrected chi connectivity index (χ2v) is 12.8. The fourth-order valence-corrected chi connectivity index (χ4v) is 4.55. The average Bonchev–Trinajstić information content (AvgIpc) is 2.87. The lowest BCUT2D eigenvalue weighted by molar-refractivity contribution is -0.117. The van der Waals surface area contributed by atoms with Crippen molar-refractivity contribution in [2.75, 3.05) is 17.6 Å². The van der Waals surface area contributed by atoms with Crippen LogP contribution in [0.5, 0.6) is 0 Å². The molecule has 0 spiro atoms. The van der Waals surface area contributed by atoms with Crippen molar-refractivity contribution < 1.29 is 22.6 Å². The highest BCUT2D eigenvalue weighted by atomic mass is 35.5. The lowest BCUT2D eigenvalue weighted by atomic mass is 9.89. The van der Waals surface area contributed by atoms with Gasteiger partial charge >= 0.3 is 0 Å². The van der Waals surface area contributed by atoms with Gasteiger partial charge in [0.1, 0.15) is 0 Å². The molecule has 2 amide bonds. The van der Waals surface area contributed by atoms with Gasteiger partial charge in [-0.25, -0.2) is 0 Å². The lowest BCUT2D eigenvalue weighted by Crippen LogP contribution is -2.28. The molecule has 3 rings (SSSR count). The standard InChI is InChI=1S/C31H35ClN2O5S/c1-21-5-14-28(27(32)19-21)34-30(36)26(24-10-6-22(7-11-24)15-16-31(2,3)4)20-23-8-12-25(13-9-23)29(35)33-17-18-40(37,38)39/h5-16,19,26H,17-18,20H2,1-4H3,(H,33,35)(H,34,36)(H,37,38,39)/b16-15+. The molecule has 40 heavy (non-hydrogen) atoms. The number of hydrogen-bond acceptors (Lipinski definition) is 4. The molecule has 3 aromatic carbocycles. The Labute approximate surface area is 241 Å². The number of rotatable bonds is 10. The van der Waals surface area contributed by atoms with Gasteiger partial charge in [-0.2, -0.15) is 8.42 Å². The van der Waals surface area contributed by atoms with E-state index in [0.29, 0.717) is 22.7 Å². The van der Waals surface area contributed by atoms with Crippen LogP contribution in [0.2, 0.25) is 5.02 Å². The first-order chi connectivity index (χ1) is 18.7. The van der Waals surface area contributed by atoms with Gasteiger partial charge in [0.15, 0.2) is 0 Å². The Bertz CT molecular complexity index is 1480. The van der Waals surface area contributed by atoms with Crippen LogP contribution < -0.4 is 10.6 Å². The Morgan fingerprint density at radius 1 is 1.00 bits per heavy atom. The monoisotopic (exact) mass is 582 g/mol. The minimum atomic E-state index is -4.16. The molecule has 3 aromatic rings. The molecule has 212 valence electrons. The van der Waals surface area contributed by atoms with Gasteiger partial charge in [0.25, 0.3) is 16.0 Å². The molecule has 1 atom stereocenters. The van der Waals surface area contributed by atoms with E-state index in [1.807, 2.05) is 37.3 Å². The average molecular weight is 583 g/mol. The normalized spacial score (nSPS) is 12.8. The predicted octanol–water partition coefficient (Wildman–Crippen LogP) is 6.29. The maximum atomic E-state index is 13.6. The lowest BCUT2D eigenvalue weighted by Gasteiger charge is -2.19. The fraction of sp³-hybridized carbons (Fsp3) is 0.290. The Hall–Kier alpha value is -3.46. The van der Waals surface area contributed by atoms with Crippen molar-refractivity contribution >= 4 is 45.3 Å². The molecule has 0 aliphatic carbocycles. The number of benzene rings is 3. The number of anilines is 1. The first-order valence-corrected chi connectivity index (χ1v) is 14.9. The summed E-state index contributed by atoms with van der Waals surface area (Å²) in [5.74, 6) is -1.77. The minimum absolute atomic E-state index is 0.0496. The molecule has 0 fully saturated rings. The third-order valence-corrected chi connectivity index (χ3v) is 7.15. The second-order valence-electron chi connectivity index (χ2n) is 10.8. The van der Waals surface area contributed by atoms with Gasteiger partial charge in [-0.3, -0.25) is 14.1 Å². The maximum absolute atomic E-state index is 13.6. The number of amides is 2. The van der Waals surface area contributed by atoms with Crippen LogP contribution in [0.25, 0.3) is 6.08 Å². The number of allylic oxidation sites excluding steroid dienone is 1. The van der Waals surface area contributed by atoms with E-state index < -0.39 is 27.7 Å². The quantitative estimate of drug-likeness (QED) is 0.243. The van der Waals surface area contributed by atoms with Gasteiger partial charge < -0.3 is 10.6 Å². The number of halogens is 1. The molecule has 0 aliphatic heterocycles. The van der Waals surface area contributed by atoms with E-state index >= 15 is 0 Å². The van der Waals surface area contributed by atoms with Crippen molar-refractivity contribution in [3.05, 3.63) is 106 Å². The highest BCUT2D eigenvalue weighted by Crippen LogP contribution is 2.28. The van der Waals surface area contributed by atoms with Gasteiger partial charge in [0.05, 0.1) is 22.4 Å².